The lowest BCUT2D eigenvalue weighted by Crippen LogP contribution is -2.48. The highest BCUT2D eigenvalue weighted by atomic mass is 35.5. The number of anilines is 1. The van der Waals surface area contributed by atoms with E-state index in [1.165, 1.54) is 5.56 Å². The van der Waals surface area contributed by atoms with Gasteiger partial charge in [-0.25, -0.2) is 0 Å². The van der Waals surface area contributed by atoms with Gasteiger partial charge in [-0.1, -0.05) is 23.7 Å². The van der Waals surface area contributed by atoms with Crippen LogP contribution in [-0.2, 0) is 11.3 Å². The van der Waals surface area contributed by atoms with Crippen LogP contribution in [0.1, 0.15) is 5.56 Å². The summed E-state index contributed by atoms with van der Waals surface area (Å²) in [5.74, 6) is 0.431. The fourth-order valence-corrected chi connectivity index (χ4v) is 2.97. The van der Waals surface area contributed by atoms with Crippen LogP contribution in [0, 0.1) is 0 Å². The van der Waals surface area contributed by atoms with Crippen LogP contribution in [0.25, 0.3) is 0 Å². The van der Waals surface area contributed by atoms with E-state index < -0.39 is 0 Å². The molecule has 2 aromatic rings. The first-order valence-corrected chi connectivity index (χ1v) is 8.33. The Balaban J connectivity index is 1.42. The van der Waals surface area contributed by atoms with Crippen molar-refractivity contribution in [2.24, 2.45) is 0 Å². The van der Waals surface area contributed by atoms with Gasteiger partial charge in [-0.05, 0) is 29.8 Å². The van der Waals surface area contributed by atoms with Crippen LogP contribution in [0.4, 0.5) is 5.82 Å². The predicted molar refractivity (Wildman–Crippen MR) is 93.8 cm³/mol. The number of carbonyl (C=O) groups is 1. The number of nitrogens with one attached hydrogen (secondary N) is 1. The average molecular weight is 346 g/mol. The topological polar surface area (TPSA) is 61.4 Å². The molecule has 1 aromatic carbocycles. The highest BCUT2D eigenvalue weighted by Crippen LogP contribution is 2.14. The van der Waals surface area contributed by atoms with Gasteiger partial charge in [0.2, 0.25) is 5.91 Å². The van der Waals surface area contributed by atoms with Crippen molar-refractivity contribution in [1.82, 2.24) is 20.0 Å². The summed E-state index contributed by atoms with van der Waals surface area (Å²) in [6, 6.07) is 11.4. The first-order chi connectivity index (χ1) is 11.7. The van der Waals surface area contributed by atoms with Gasteiger partial charge >= 0.3 is 0 Å². The van der Waals surface area contributed by atoms with Crippen molar-refractivity contribution >= 4 is 23.3 Å². The molecule has 1 aromatic heterocycles. The smallest absolute Gasteiger partial charge is 0.239 e. The number of halogens is 1. The maximum atomic E-state index is 12.0. The third-order valence-electron chi connectivity index (χ3n) is 3.97. The predicted octanol–water partition coefficient (Wildman–Crippen LogP) is 1.89. The number of hydrogen-bond acceptors (Lipinski definition) is 5. The normalized spacial score (nSPS) is 16.0. The Labute approximate surface area is 146 Å². The Kier molecular flexibility index (Phi) is 5.74. The molecule has 0 unspecified atom stereocenters. The van der Waals surface area contributed by atoms with E-state index in [0.717, 1.165) is 37.7 Å². The van der Waals surface area contributed by atoms with E-state index in [1.807, 2.05) is 18.2 Å². The Morgan fingerprint density at radius 2 is 1.92 bits per heavy atom. The molecule has 0 atom stereocenters. The summed E-state index contributed by atoms with van der Waals surface area (Å²) in [6.45, 7) is 4.88. The number of rotatable bonds is 5. The monoisotopic (exact) mass is 345 g/mol. The van der Waals surface area contributed by atoms with Crippen molar-refractivity contribution in [2.45, 2.75) is 6.54 Å². The molecule has 1 aliphatic rings. The number of amides is 1. The summed E-state index contributed by atoms with van der Waals surface area (Å²) in [6.07, 6.45) is 1.58. The summed E-state index contributed by atoms with van der Waals surface area (Å²) < 4.78 is 0. The molecule has 1 aliphatic heterocycles. The maximum absolute atomic E-state index is 12.0. The number of aromatic nitrogens is 2. The Morgan fingerprint density at radius 3 is 2.62 bits per heavy atom. The van der Waals surface area contributed by atoms with Crippen molar-refractivity contribution in [2.75, 3.05) is 38.0 Å². The summed E-state index contributed by atoms with van der Waals surface area (Å²) in [7, 11) is 0. The largest absolute Gasteiger partial charge is 0.308 e. The van der Waals surface area contributed by atoms with E-state index in [1.54, 1.807) is 18.3 Å². The molecule has 7 heteroatoms. The van der Waals surface area contributed by atoms with Gasteiger partial charge in [-0.2, -0.15) is 5.10 Å². The quantitative estimate of drug-likeness (QED) is 0.896. The van der Waals surface area contributed by atoms with Crippen LogP contribution in [0.3, 0.4) is 0 Å². The van der Waals surface area contributed by atoms with Crippen LogP contribution in [0.5, 0.6) is 0 Å². The van der Waals surface area contributed by atoms with Crippen LogP contribution in [0.15, 0.2) is 42.6 Å². The molecule has 3 rings (SSSR count). The highest BCUT2D eigenvalue weighted by Gasteiger charge is 2.19. The van der Waals surface area contributed by atoms with Crippen LogP contribution >= 0.6 is 11.6 Å². The van der Waals surface area contributed by atoms with Crippen molar-refractivity contribution in [3.05, 3.63) is 53.2 Å². The molecule has 24 heavy (non-hydrogen) atoms. The van der Waals surface area contributed by atoms with Gasteiger partial charge in [0, 0.05) is 43.9 Å². The average Bonchev–Trinajstić information content (AvgIpc) is 2.57. The molecule has 0 radical (unpaired) electrons. The molecule has 1 saturated heterocycles. The highest BCUT2D eigenvalue weighted by molar-refractivity contribution is 6.30. The molecule has 1 fully saturated rings. The molecule has 126 valence electrons. The Hall–Kier alpha value is -2.02. The zero-order chi connectivity index (χ0) is 16.8. The number of carbonyl (C=O) groups excluding carboxylic acids is 1. The van der Waals surface area contributed by atoms with E-state index in [2.05, 4.69) is 31.4 Å². The molecule has 0 bridgehead atoms. The molecule has 0 spiro atoms. The van der Waals surface area contributed by atoms with Crippen LogP contribution in [-0.4, -0.2) is 58.6 Å². The van der Waals surface area contributed by atoms with E-state index in [0.29, 0.717) is 12.4 Å². The number of piperazine rings is 1. The maximum Gasteiger partial charge on any atom is 0.239 e. The van der Waals surface area contributed by atoms with E-state index in [-0.39, 0.29) is 5.91 Å². The summed E-state index contributed by atoms with van der Waals surface area (Å²) >= 11 is 6.03. The second-order valence-corrected chi connectivity index (χ2v) is 6.28. The second kappa shape index (κ2) is 8.19. The number of hydrogen-bond donors (Lipinski definition) is 1. The van der Waals surface area contributed by atoms with Crippen LogP contribution < -0.4 is 5.32 Å². The molecule has 2 heterocycles. The Morgan fingerprint density at radius 1 is 1.12 bits per heavy atom. The van der Waals surface area contributed by atoms with Gasteiger partial charge in [0.05, 0.1) is 6.54 Å². The molecule has 0 aliphatic carbocycles. The first-order valence-electron chi connectivity index (χ1n) is 7.96. The number of benzene rings is 1. The summed E-state index contributed by atoms with van der Waals surface area (Å²) in [5.41, 5.74) is 1.22. The third-order valence-corrected chi connectivity index (χ3v) is 4.20. The van der Waals surface area contributed by atoms with Gasteiger partial charge in [-0.3, -0.25) is 14.6 Å². The van der Waals surface area contributed by atoms with E-state index >= 15 is 0 Å². The van der Waals surface area contributed by atoms with Gasteiger partial charge in [-0.15, -0.1) is 5.10 Å². The minimum Gasteiger partial charge on any atom is -0.308 e. The van der Waals surface area contributed by atoms with Gasteiger partial charge < -0.3 is 5.32 Å². The van der Waals surface area contributed by atoms with Gasteiger partial charge in [0.1, 0.15) is 0 Å². The zero-order valence-electron chi connectivity index (χ0n) is 13.4. The second-order valence-electron chi connectivity index (χ2n) is 5.84. The molecular formula is C17H20ClN5O. The van der Waals surface area contributed by atoms with Crippen molar-refractivity contribution in [3.63, 3.8) is 0 Å². The minimum absolute atomic E-state index is 0.0567. The zero-order valence-corrected chi connectivity index (χ0v) is 14.1. The first kappa shape index (κ1) is 16.8. The van der Waals surface area contributed by atoms with Crippen LogP contribution in [0.2, 0.25) is 5.02 Å². The van der Waals surface area contributed by atoms with Crippen molar-refractivity contribution in [1.29, 1.82) is 0 Å². The van der Waals surface area contributed by atoms with Gasteiger partial charge in [0.15, 0.2) is 5.82 Å². The summed E-state index contributed by atoms with van der Waals surface area (Å²) in [4.78, 5) is 16.6. The molecule has 1 N–H and O–H groups in total. The lowest BCUT2D eigenvalue weighted by atomic mass is 10.2. The van der Waals surface area contributed by atoms with Gasteiger partial charge in [0.25, 0.3) is 0 Å². The summed E-state index contributed by atoms with van der Waals surface area (Å²) in [5, 5.41) is 11.1. The molecule has 0 saturated carbocycles. The fourth-order valence-electron chi connectivity index (χ4n) is 2.75. The van der Waals surface area contributed by atoms with Crippen molar-refractivity contribution < 1.29 is 4.79 Å². The standard InChI is InChI=1S/C17H20ClN5O/c18-15-4-1-3-14(11-15)12-22-7-9-23(10-8-22)13-17(24)20-16-5-2-6-19-21-16/h1-6,11H,7-10,12-13H2,(H,20,21,24). The fraction of sp³-hybridized carbons (Fsp3) is 0.353. The van der Waals surface area contributed by atoms with E-state index in [4.69, 9.17) is 11.6 Å². The lowest BCUT2D eigenvalue weighted by molar-refractivity contribution is -0.117. The van der Waals surface area contributed by atoms with Crippen molar-refractivity contribution in [3.8, 4) is 0 Å². The third kappa shape index (κ3) is 4.99. The van der Waals surface area contributed by atoms with E-state index in [9.17, 15) is 4.79 Å². The molecule has 1 amide bonds. The Bertz CT molecular complexity index is 674. The molecular weight excluding hydrogens is 326 g/mol. The lowest BCUT2D eigenvalue weighted by Gasteiger charge is -2.34. The molecule has 6 nitrogen and oxygen atoms in total. The SMILES string of the molecule is O=C(CN1CCN(Cc2cccc(Cl)c2)CC1)Nc1cccnn1. The number of nitrogens with zero attached hydrogens (tertiary/aromatic N) is 4. The minimum atomic E-state index is -0.0567.